The highest BCUT2D eigenvalue weighted by atomic mass is 35.5. The third-order valence-electron chi connectivity index (χ3n) is 3.79. The zero-order valence-corrected chi connectivity index (χ0v) is 14.0. The van der Waals surface area contributed by atoms with Gasteiger partial charge in [0.15, 0.2) is 0 Å². The first-order chi connectivity index (χ1) is 11.5. The Kier molecular flexibility index (Phi) is 4.40. The van der Waals surface area contributed by atoms with Crippen molar-refractivity contribution in [1.82, 2.24) is 0 Å². The minimum atomic E-state index is -0.443. The first-order valence-electron chi connectivity index (χ1n) is 7.53. The van der Waals surface area contributed by atoms with Gasteiger partial charge < -0.3 is 9.15 Å². The Balaban J connectivity index is 2.14. The summed E-state index contributed by atoms with van der Waals surface area (Å²) in [5, 5.41) is 1.39. The molecule has 3 aromatic rings. The number of rotatable bonds is 3. The van der Waals surface area contributed by atoms with Crippen molar-refractivity contribution >= 4 is 28.5 Å². The number of hydrogen-bond acceptors (Lipinski definition) is 4. The molecule has 0 bridgehead atoms. The molecule has 4 nitrogen and oxygen atoms in total. The van der Waals surface area contributed by atoms with Gasteiger partial charge in [-0.25, -0.2) is 4.79 Å². The molecule has 1 heterocycles. The zero-order valence-electron chi connectivity index (χ0n) is 13.3. The number of hydrogen-bond donors (Lipinski definition) is 0. The van der Waals surface area contributed by atoms with E-state index in [9.17, 15) is 9.59 Å². The Morgan fingerprint density at radius 2 is 1.88 bits per heavy atom. The second-order valence-corrected chi connectivity index (χ2v) is 5.82. The predicted molar refractivity (Wildman–Crippen MR) is 93.6 cm³/mol. The molecule has 0 amide bonds. The van der Waals surface area contributed by atoms with Gasteiger partial charge in [-0.1, -0.05) is 30.7 Å². The van der Waals surface area contributed by atoms with Crippen LogP contribution in [0.4, 0.5) is 0 Å². The molecule has 0 radical (unpaired) electrons. The first kappa shape index (κ1) is 16.3. The summed E-state index contributed by atoms with van der Waals surface area (Å²) in [7, 11) is 0. The summed E-state index contributed by atoms with van der Waals surface area (Å²) in [6.07, 6.45) is 0.274. The van der Waals surface area contributed by atoms with Crippen molar-refractivity contribution in [2.24, 2.45) is 0 Å². The van der Waals surface area contributed by atoms with Crippen LogP contribution in [-0.4, -0.2) is 5.97 Å². The van der Waals surface area contributed by atoms with Gasteiger partial charge in [0.2, 0.25) is 0 Å². The Morgan fingerprint density at radius 3 is 2.54 bits per heavy atom. The van der Waals surface area contributed by atoms with Gasteiger partial charge in [-0.15, -0.1) is 0 Å². The van der Waals surface area contributed by atoms with Crippen molar-refractivity contribution in [3.63, 3.8) is 0 Å². The fourth-order valence-corrected chi connectivity index (χ4v) is 2.68. The summed E-state index contributed by atoms with van der Waals surface area (Å²) in [6.45, 7) is 3.58. The number of aryl methyl sites for hydroxylation is 1. The molecule has 2 aromatic carbocycles. The van der Waals surface area contributed by atoms with Crippen molar-refractivity contribution < 1.29 is 13.9 Å². The molecule has 122 valence electrons. The van der Waals surface area contributed by atoms with E-state index < -0.39 is 5.63 Å². The molecule has 0 N–H and O–H groups in total. The molecule has 0 saturated carbocycles. The van der Waals surface area contributed by atoms with Crippen LogP contribution >= 0.6 is 11.6 Å². The van der Waals surface area contributed by atoms with Crippen molar-refractivity contribution in [3.05, 3.63) is 63.5 Å². The molecule has 0 atom stereocenters. The van der Waals surface area contributed by atoms with Gasteiger partial charge in [0.1, 0.15) is 11.3 Å². The Bertz CT molecular complexity index is 971. The molecule has 0 spiro atoms. The number of fused-ring (bicyclic) bond motifs is 1. The lowest BCUT2D eigenvalue weighted by Gasteiger charge is -2.09. The molecule has 0 saturated heterocycles. The molecular formula is C19H15ClO4. The van der Waals surface area contributed by atoms with Crippen LogP contribution in [0.5, 0.6) is 5.75 Å². The van der Waals surface area contributed by atoms with E-state index >= 15 is 0 Å². The van der Waals surface area contributed by atoms with Crippen molar-refractivity contribution in [3.8, 4) is 16.9 Å². The van der Waals surface area contributed by atoms with E-state index in [1.54, 1.807) is 49.4 Å². The topological polar surface area (TPSA) is 56.5 Å². The van der Waals surface area contributed by atoms with Gasteiger partial charge in [-0.05, 0) is 42.3 Å². The summed E-state index contributed by atoms with van der Waals surface area (Å²) in [5.41, 5.74) is 1.99. The summed E-state index contributed by atoms with van der Waals surface area (Å²) in [4.78, 5) is 23.8. The van der Waals surface area contributed by atoms with Crippen LogP contribution in [0.25, 0.3) is 22.1 Å². The fraction of sp³-hybridized carbons (Fsp3) is 0.158. The van der Waals surface area contributed by atoms with Crippen molar-refractivity contribution in [1.29, 1.82) is 0 Å². The summed E-state index contributed by atoms with van der Waals surface area (Å²) >= 11 is 5.90. The second-order valence-electron chi connectivity index (χ2n) is 5.38. The highest BCUT2D eigenvalue weighted by Gasteiger charge is 2.14. The van der Waals surface area contributed by atoms with Gasteiger partial charge in [0, 0.05) is 22.9 Å². The molecular weight excluding hydrogens is 328 g/mol. The Morgan fingerprint density at radius 1 is 1.17 bits per heavy atom. The normalized spacial score (nSPS) is 10.8. The molecule has 0 aliphatic heterocycles. The minimum Gasteiger partial charge on any atom is -0.426 e. The summed E-state index contributed by atoms with van der Waals surface area (Å²) in [6, 6.07) is 12.1. The summed E-state index contributed by atoms with van der Waals surface area (Å²) in [5.74, 6) is 0.0161. The SMILES string of the molecule is CCC(=O)Oc1ccc2c(C)c(-c3ccc(Cl)cc3)c(=O)oc2c1. The van der Waals surface area contributed by atoms with Gasteiger partial charge in [0.25, 0.3) is 0 Å². The number of carbonyl (C=O) groups excluding carboxylic acids is 1. The molecule has 0 aliphatic rings. The lowest BCUT2D eigenvalue weighted by molar-refractivity contribution is -0.134. The number of halogens is 1. The smallest absolute Gasteiger partial charge is 0.344 e. The molecule has 0 fully saturated rings. The first-order valence-corrected chi connectivity index (χ1v) is 7.91. The van der Waals surface area contributed by atoms with Crippen molar-refractivity contribution in [2.45, 2.75) is 20.3 Å². The van der Waals surface area contributed by atoms with E-state index in [-0.39, 0.29) is 12.4 Å². The number of esters is 1. The van der Waals surface area contributed by atoms with Crippen LogP contribution in [0.2, 0.25) is 5.02 Å². The largest absolute Gasteiger partial charge is 0.426 e. The maximum absolute atomic E-state index is 12.4. The van der Waals surface area contributed by atoms with E-state index in [4.69, 9.17) is 20.8 Å². The monoisotopic (exact) mass is 342 g/mol. The second kappa shape index (κ2) is 6.49. The average Bonchev–Trinajstić information content (AvgIpc) is 2.56. The molecule has 3 rings (SSSR count). The Hall–Kier alpha value is -2.59. The molecule has 0 aliphatic carbocycles. The minimum absolute atomic E-state index is 0.274. The quantitative estimate of drug-likeness (QED) is 0.392. The van der Waals surface area contributed by atoms with Gasteiger partial charge >= 0.3 is 11.6 Å². The van der Waals surface area contributed by atoms with E-state index in [1.165, 1.54) is 0 Å². The van der Waals surface area contributed by atoms with Gasteiger partial charge in [-0.3, -0.25) is 4.79 Å². The van der Waals surface area contributed by atoms with E-state index in [0.717, 1.165) is 16.5 Å². The maximum Gasteiger partial charge on any atom is 0.344 e. The molecule has 5 heteroatoms. The van der Waals surface area contributed by atoms with Gasteiger partial charge in [0.05, 0.1) is 5.56 Å². The lowest BCUT2D eigenvalue weighted by atomic mass is 10.00. The fourth-order valence-electron chi connectivity index (χ4n) is 2.55. The van der Waals surface area contributed by atoms with Crippen LogP contribution in [0.1, 0.15) is 18.9 Å². The van der Waals surface area contributed by atoms with Crippen LogP contribution < -0.4 is 10.4 Å². The third-order valence-corrected chi connectivity index (χ3v) is 4.04. The van der Waals surface area contributed by atoms with Crippen LogP contribution in [0.15, 0.2) is 51.7 Å². The predicted octanol–water partition coefficient (Wildman–Crippen LogP) is 4.74. The lowest BCUT2D eigenvalue weighted by Crippen LogP contribution is -2.07. The van der Waals surface area contributed by atoms with E-state index in [2.05, 4.69) is 0 Å². The molecule has 1 aromatic heterocycles. The Labute approximate surface area is 143 Å². The highest BCUT2D eigenvalue weighted by Crippen LogP contribution is 2.29. The van der Waals surface area contributed by atoms with E-state index in [0.29, 0.717) is 21.9 Å². The van der Waals surface area contributed by atoms with E-state index in [1.807, 2.05) is 6.92 Å². The zero-order chi connectivity index (χ0) is 17.3. The van der Waals surface area contributed by atoms with Crippen molar-refractivity contribution in [2.75, 3.05) is 0 Å². The van der Waals surface area contributed by atoms with Crippen LogP contribution in [0, 0.1) is 6.92 Å². The molecule has 0 unspecified atom stereocenters. The average molecular weight is 343 g/mol. The van der Waals surface area contributed by atoms with Gasteiger partial charge in [-0.2, -0.15) is 0 Å². The third kappa shape index (κ3) is 3.05. The van der Waals surface area contributed by atoms with Crippen LogP contribution in [-0.2, 0) is 4.79 Å². The highest BCUT2D eigenvalue weighted by molar-refractivity contribution is 6.30. The summed E-state index contributed by atoms with van der Waals surface area (Å²) < 4.78 is 10.6. The molecule has 24 heavy (non-hydrogen) atoms. The number of benzene rings is 2. The number of ether oxygens (including phenoxy) is 1. The maximum atomic E-state index is 12.4. The van der Waals surface area contributed by atoms with Crippen LogP contribution in [0.3, 0.4) is 0 Å². The number of carbonyl (C=O) groups is 1. The standard InChI is InChI=1S/C19H15ClO4/c1-3-17(21)23-14-8-9-15-11(2)18(19(22)24-16(15)10-14)12-4-6-13(20)7-5-12/h4-10H,3H2,1-2H3.